The van der Waals surface area contributed by atoms with Crippen LogP contribution in [0.25, 0.3) is 10.8 Å². The maximum absolute atomic E-state index is 12.7. The number of benzene rings is 2. The van der Waals surface area contributed by atoms with Gasteiger partial charge < -0.3 is 10.6 Å². The zero-order valence-electron chi connectivity index (χ0n) is 17.5. The van der Waals surface area contributed by atoms with Crippen molar-refractivity contribution in [2.75, 3.05) is 20.1 Å². The molecule has 1 heterocycles. The average Bonchev–Trinajstić information content (AvgIpc) is 3.45. The van der Waals surface area contributed by atoms with E-state index in [0.29, 0.717) is 25.6 Å². The monoisotopic (exact) mass is 530 g/mol. The quantitative estimate of drug-likeness (QED) is 0.205. The predicted octanol–water partition coefficient (Wildman–Crippen LogP) is 2.93. The topological polar surface area (TPSA) is 73.8 Å². The van der Waals surface area contributed by atoms with Gasteiger partial charge in [-0.2, -0.15) is 0 Å². The van der Waals surface area contributed by atoms with E-state index in [2.05, 4.69) is 58.1 Å². The fourth-order valence-electron chi connectivity index (χ4n) is 5.23. The molecule has 4 unspecified atom stereocenters. The molecular weight excluding hydrogens is 503 g/mol. The predicted molar refractivity (Wildman–Crippen MR) is 132 cm³/mol. The first-order chi connectivity index (χ1) is 14.7. The van der Waals surface area contributed by atoms with Gasteiger partial charge >= 0.3 is 0 Å². The second kappa shape index (κ2) is 8.98. The highest BCUT2D eigenvalue weighted by Crippen LogP contribution is 2.52. The molecule has 2 N–H and O–H groups in total. The minimum atomic E-state index is -0.127. The molecule has 0 spiro atoms. The highest BCUT2D eigenvalue weighted by Gasteiger charge is 2.58. The zero-order valence-corrected chi connectivity index (χ0v) is 19.8. The van der Waals surface area contributed by atoms with E-state index >= 15 is 0 Å². The Morgan fingerprint density at radius 2 is 1.68 bits per heavy atom. The lowest BCUT2D eigenvalue weighted by Gasteiger charge is -2.18. The lowest BCUT2D eigenvalue weighted by molar-refractivity contribution is -0.140. The van der Waals surface area contributed by atoms with Gasteiger partial charge in [0.15, 0.2) is 5.96 Å². The summed E-state index contributed by atoms with van der Waals surface area (Å²) < 4.78 is 0. The number of aliphatic imine (C=N–C) groups is 1. The van der Waals surface area contributed by atoms with Crippen LogP contribution in [0.1, 0.15) is 12.0 Å². The molecule has 2 bridgehead atoms. The first-order valence-electron chi connectivity index (χ1n) is 10.6. The zero-order chi connectivity index (χ0) is 20.7. The number of imide groups is 1. The van der Waals surface area contributed by atoms with Crippen LogP contribution >= 0.6 is 24.0 Å². The lowest BCUT2D eigenvalue weighted by atomic mass is 9.85. The number of rotatable bonds is 5. The van der Waals surface area contributed by atoms with Crippen molar-refractivity contribution in [2.24, 2.45) is 28.7 Å². The van der Waals surface area contributed by atoms with Gasteiger partial charge in [0.05, 0.1) is 11.8 Å². The Morgan fingerprint density at radius 1 is 1.00 bits per heavy atom. The number of halogens is 1. The van der Waals surface area contributed by atoms with E-state index in [9.17, 15) is 9.59 Å². The Bertz CT molecular complexity index is 1040. The lowest BCUT2D eigenvalue weighted by Crippen LogP contribution is -2.43. The van der Waals surface area contributed by atoms with Gasteiger partial charge in [-0.25, -0.2) is 0 Å². The molecule has 1 aliphatic heterocycles. The summed E-state index contributed by atoms with van der Waals surface area (Å²) in [6, 6.07) is 14.7. The van der Waals surface area contributed by atoms with Crippen LogP contribution in [-0.4, -0.2) is 42.8 Å². The van der Waals surface area contributed by atoms with Crippen molar-refractivity contribution in [3.8, 4) is 0 Å². The van der Waals surface area contributed by atoms with Crippen molar-refractivity contribution >= 4 is 52.5 Å². The molecule has 2 amide bonds. The van der Waals surface area contributed by atoms with Crippen LogP contribution < -0.4 is 10.6 Å². The smallest absolute Gasteiger partial charge is 0.233 e. The standard InChI is InChI=1S/C24H26N4O2.HI/c1-25-24(27-14-15-6-7-16-4-2-3-5-17(16)12-15)26-10-11-28-22(29)20-18-8-9-19(13-18)21(20)23(28)30;/h2-9,12,18-21H,10-11,13-14H2,1H3,(H2,25,26,27);1H. The van der Waals surface area contributed by atoms with E-state index in [1.807, 2.05) is 12.1 Å². The van der Waals surface area contributed by atoms with Gasteiger partial charge in [-0.05, 0) is 40.7 Å². The summed E-state index contributed by atoms with van der Waals surface area (Å²) in [6.07, 6.45) is 5.21. The first kappa shape index (κ1) is 21.8. The van der Waals surface area contributed by atoms with Crippen LogP contribution in [0.15, 0.2) is 59.6 Å². The van der Waals surface area contributed by atoms with Gasteiger partial charge in [0, 0.05) is 26.7 Å². The Morgan fingerprint density at radius 3 is 2.35 bits per heavy atom. The van der Waals surface area contributed by atoms with Crippen molar-refractivity contribution in [2.45, 2.75) is 13.0 Å². The van der Waals surface area contributed by atoms with Gasteiger partial charge in [-0.1, -0.05) is 48.6 Å². The third-order valence-corrected chi connectivity index (χ3v) is 6.69. The van der Waals surface area contributed by atoms with Gasteiger partial charge in [-0.15, -0.1) is 24.0 Å². The van der Waals surface area contributed by atoms with Gasteiger partial charge in [0.25, 0.3) is 0 Å². The van der Waals surface area contributed by atoms with E-state index in [-0.39, 0.29) is 59.5 Å². The Labute approximate surface area is 199 Å². The SMILES string of the molecule is CN=C(NCCN1C(=O)C2C3C=CC(C3)C2C1=O)NCc1ccc2ccccc2c1.I. The molecule has 2 aliphatic carbocycles. The summed E-state index contributed by atoms with van der Waals surface area (Å²) in [5.74, 6) is 0.918. The number of hydrogen-bond acceptors (Lipinski definition) is 3. The molecule has 0 radical (unpaired) electrons. The molecule has 5 rings (SSSR count). The number of carbonyl (C=O) groups is 2. The first-order valence-corrected chi connectivity index (χ1v) is 10.6. The minimum Gasteiger partial charge on any atom is -0.355 e. The number of hydrogen-bond donors (Lipinski definition) is 2. The third kappa shape index (κ3) is 3.95. The number of nitrogens with zero attached hydrogens (tertiary/aromatic N) is 2. The largest absolute Gasteiger partial charge is 0.355 e. The number of amides is 2. The molecule has 3 aliphatic rings. The van der Waals surface area contributed by atoms with Crippen molar-refractivity contribution in [3.05, 3.63) is 60.2 Å². The summed E-state index contributed by atoms with van der Waals surface area (Å²) in [4.78, 5) is 31.2. The Balaban J connectivity index is 0.00000231. The number of guanidine groups is 1. The fourth-order valence-corrected chi connectivity index (χ4v) is 5.23. The summed E-state index contributed by atoms with van der Waals surface area (Å²) in [5.41, 5.74) is 1.16. The summed E-state index contributed by atoms with van der Waals surface area (Å²) in [5, 5.41) is 8.96. The Kier molecular flexibility index (Phi) is 6.31. The normalized spacial score (nSPS) is 26.4. The van der Waals surface area contributed by atoms with Crippen molar-refractivity contribution in [1.82, 2.24) is 15.5 Å². The summed E-state index contributed by atoms with van der Waals surface area (Å²) in [6.45, 7) is 1.50. The average molecular weight is 530 g/mol. The van der Waals surface area contributed by atoms with E-state index in [1.165, 1.54) is 15.7 Å². The van der Waals surface area contributed by atoms with Crippen LogP contribution in [0.3, 0.4) is 0 Å². The molecule has 7 heteroatoms. The molecule has 1 saturated carbocycles. The van der Waals surface area contributed by atoms with Crippen LogP contribution in [0.4, 0.5) is 0 Å². The third-order valence-electron chi connectivity index (χ3n) is 6.69. The second-order valence-corrected chi connectivity index (χ2v) is 8.36. The molecule has 162 valence electrons. The molecule has 31 heavy (non-hydrogen) atoms. The molecular formula is C24H27IN4O2. The van der Waals surface area contributed by atoms with Crippen LogP contribution in [0.5, 0.6) is 0 Å². The van der Waals surface area contributed by atoms with Gasteiger partial charge in [-0.3, -0.25) is 19.5 Å². The minimum absolute atomic E-state index is 0. The number of nitrogens with one attached hydrogen (secondary N) is 2. The maximum atomic E-state index is 12.7. The number of likely N-dealkylation sites (tertiary alicyclic amines) is 1. The fraction of sp³-hybridized carbons (Fsp3) is 0.375. The van der Waals surface area contributed by atoms with E-state index in [0.717, 1.165) is 12.0 Å². The Hall–Kier alpha value is -2.42. The van der Waals surface area contributed by atoms with Crippen molar-refractivity contribution < 1.29 is 9.59 Å². The van der Waals surface area contributed by atoms with Crippen LogP contribution in [-0.2, 0) is 16.1 Å². The van der Waals surface area contributed by atoms with Crippen LogP contribution in [0.2, 0.25) is 0 Å². The maximum Gasteiger partial charge on any atom is 0.233 e. The molecule has 4 atom stereocenters. The van der Waals surface area contributed by atoms with Gasteiger partial charge in [0.2, 0.25) is 11.8 Å². The molecule has 1 saturated heterocycles. The molecule has 2 aromatic carbocycles. The number of allylic oxidation sites excluding steroid dienone is 2. The number of carbonyl (C=O) groups excluding carboxylic acids is 2. The second-order valence-electron chi connectivity index (χ2n) is 8.36. The summed E-state index contributed by atoms with van der Waals surface area (Å²) in [7, 11) is 1.72. The highest BCUT2D eigenvalue weighted by atomic mass is 127. The van der Waals surface area contributed by atoms with Gasteiger partial charge in [0.1, 0.15) is 0 Å². The molecule has 2 aromatic rings. The molecule has 0 aromatic heterocycles. The molecule has 2 fully saturated rings. The van der Waals surface area contributed by atoms with Crippen molar-refractivity contribution in [3.63, 3.8) is 0 Å². The van der Waals surface area contributed by atoms with E-state index in [4.69, 9.17) is 0 Å². The molecule has 6 nitrogen and oxygen atoms in total. The summed E-state index contributed by atoms with van der Waals surface area (Å²) >= 11 is 0. The van der Waals surface area contributed by atoms with E-state index < -0.39 is 0 Å². The van der Waals surface area contributed by atoms with Crippen molar-refractivity contribution in [1.29, 1.82) is 0 Å². The highest BCUT2D eigenvalue weighted by molar-refractivity contribution is 14.0. The number of fused-ring (bicyclic) bond motifs is 6. The van der Waals surface area contributed by atoms with Crippen LogP contribution in [0, 0.1) is 23.7 Å². The van der Waals surface area contributed by atoms with E-state index in [1.54, 1.807) is 7.05 Å².